The van der Waals surface area contributed by atoms with Crippen molar-refractivity contribution in [1.82, 2.24) is 5.32 Å². The van der Waals surface area contributed by atoms with Crippen LogP contribution in [-0.4, -0.2) is 56.2 Å². The van der Waals surface area contributed by atoms with Crippen molar-refractivity contribution in [2.75, 3.05) is 30.9 Å². The van der Waals surface area contributed by atoms with Crippen molar-refractivity contribution in [2.24, 2.45) is 5.73 Å². The molecule has 0 saturated carbocycles. The first-order valence-corrected chi connectivity index (χ1v) is 15.9. The highest BCUT2D eigenvalue weighted by Crippen LogP contribution is 2.31. The fourth-order valence-corrected chi connectivity index (χ4v) is 6.51. The van der Waals surface area contributed by atoms with Gasteiger partial charge in [-0.05, 0) is 47.7 Å². The molecule has 1 aliphatic rings. The Bertz CT molecular complexity index is 1440. The van der Waals surface area contributed by atoms with E-state index in [9.17, 15) is 9.59 Å². The molecule has 44 heavy (non-hydrogen) atoms. The van der Waals surface area contributed by atoms with Crippen LogP contribution < -0.4 is 16.0 Å². The van der Waals surface area contributed by atoms with Crippen LogP contribution >= 0.6 is 11.8 Å². The Hall–Kier alpha value is -3.95. The maximum Gasteiger partial charge on any atom is 0.420 e. The Balaban J connectivity index is 1.28. The molecule has 228 valence electrons. The molecular formula is C36H39N3O4S. The molecule has 3 atom stereocenters. The van der Waals surface area contributed by atoms with Crippen molar-refractivity contribution in [3.8, 4) is 0 Å². The number of anilines is 1. The van der Waals surface area contributed by atoms with Gasteiger partial charge < -0.3 is 20.5 Å². The minimum absolute atomic E-state index is 0.0195. The van der Waals surface area contributed by atoms with Crippen molar-refractivity contribution < 1.29 is 19.1 Å². The number of rotatable bonds is 11. The van der Waals surface area contributed by atoms with Gasteiger partial charge in [-0.15, -0.1) is 11.8 Å². The summed E-state index contributed by atoms with van der Waals surface area (Å²) in [6.07, 6.45) is 0.593. The molecule has 2 amide bonds. The second-order valence-corrected chi connectivity index (χ2v) is 11.9. The number of carbonyl (C=O) groups is 2. The number of nitrogens with two attached hydrogens (primary N) is 1. The van der Waals surface area contributed by atoms with Crippen LogP contribution in [0.3, 0.4) is 0 Å². The van der Waals surface area contributed by atoms with Crippen LogP contribution in [0.25, 0.3) is 0 Å². The Morgan fingerprint density at radius 3 is 2.09 bits per heavy atom. The van der Waals surface area contributed by atoms with Crippen LogP contribution in [0, 0.1) is 0 Å². The third-order valence-electron chi connectivity index (χ3n) is 7.87. The average molecular weight is 610 g/mol. The van der Waals surface area contributed by atoms with Crippen molar-refractivity contribution in [1.29, 1.82) is 0 Å². The maximum absolute atomic E-state index is 14.2. The second kappa shape index (κ2) is 15.7. The Morgan fingerprint density at radius 2 is 1.50 bits per heavy atom. The zero-order valence-corrected chi connectivity index (χ0v) is 25.7. The van der Waals surface area contributed by atoms with E-state index in [0.29, 0.717) is 18.7 Å². The molecule has 4 aromatic carbocycles. The molecule has 4 aromatic rings. The summed E-state index contributed by atoms with van der Waals surface area (Å²) in [7, 11) is 1.27. The quantitative estimate of drug-likeness (QED) is 0.201. The molecule has 0 spiro atoms. The number of nitrogens with one attached hydrogen (secondary N) is 1. The minimum Gasteiger partial charge on any atom is -0.452 e. The highest BCUT2D eigenvalue weighted by Gasteiger charge is 2.36. The van der Waals surface area contributed by atoms with Crippen LogP contribution in [-0.2, 0) is 20.7 Å². The largest absolute Gasteiger partial charge is 0.452 e. The number of ether oxygens (including phenoxy) is 2. The number of carbonyl (C=O) groups excluding carboxylic acids is 2. The molecule has 0 radical (unpaired) electrons. The number of para-hydroxylation sites is 1. The zero-order valence-electron chi connectivity index (χ0n) is 24.9. The molecule has 0 aliphatic carbocycles. The number of benzene rings is 4. The van der Waals surface area contributed by atoms with Crippen LogP contribution in [0.15, 0.2) is 120 Å². The first-order valence-electron chi connectivity index (χ1n) is 14.9. The first kappa shape index (κ1) is 31.5. The van der Waals surface area contributed by atoms with E-state index >= 15 is 0 Å². The summed E-state index contributed by atoms with van der Waals surface area (Å²) in [4.78, 5) is 29.7. The predicted octanol–water partition coefficient (Wildman–Crippen LogP) is 6.03. The third-order valence-corrected chi connectivity index (χ3v) is 9.04. The molecular weight excluding hydrogens is 570 g/mol. The van der Waals surface area contributed by atoms with E-state index < -0.39 is 24.0 Å². The van der Waals surface area contributed by atoms with Gasteiger partial charge >= 0.3 is 6.09 Å². The second-order valence-electron chi connectivity index (χ2n) is 10.8. The van der Waals surface area contributed by atoms with Crippen molar-refractivity contribution in [2.45, 2.75) is 41.8 Å². The van der Waals surface area contributed by atoms with Gasteiger partial charge in [0.1, 0.15) is 0 Å². The average Bonchev–Trinajstić information content (AvgIpc) is 3.09. The molecule has 3 N–H and O–H groups in total. The van der Waals surface area contributed by atoms with E-state index in [1.54, 1.807) is 6.07 Å². The van der Waals surface area contributed by atoms with Crippen LogP contribution in [0.4, 0.5) is 10.5 Å². The maximum atomic E-state index is 14.2. The lowest BCUT2D eigenvalue weighted by atomic mass is 9.84. The van der Waals surface area contributed by atoms with Gasteiger partial charge in [0.25, 0.3) is 5.91 Å². The summed E-state index contributed by atoms with van der Waals surface area (Å²) in [5, 5.41) is 3.62. The highest BCUT2D eigenvalue weighted by molar-refractivity contribution is 7.99. The number of hydrogen-bond donors (Lipinski definition) is 2. The van der Waals surface area contributed by atoms with Gasteiger partial charge in [0.05, 0.1) is 31.5 Å². The van der Waals surface area contributed by atoms with E-state index in [0.717, 1.165) is 40.3 Å². The highest BCUT2D eigenvalue weighted by atomic mass is 32.2. The number of imide groups is 1. The first-order chi connectivity index (χ1) is 21.5. The van der Waals surface area contributed by atoms with Gasteiger partial charge in [-0.25, -0.2) is 9.69 Å². The van der Waals surface area contributed by atoms with Gasteiger partial charge in [-0.2, -0.15) is 0 Å². The lowest BCUT2D eigenvalue weighted by Gasteiger charge is -2.31. The fraction of sp³-hybridized carbons (Fsp3) is 0.278. The standard InChI is InChI=1S/C36H39N3O4S/c1-42-36(41)39(35(40)34(37)33(27-14-5-2-6-15-27)28-16-7-3-8-17-28)32-20-12-11-13-26(32)21-22-30-23-38-29(24-43-30)25-44-31-18-9-4-10-19-31/h2-20,29-30,33-34,38H,21-25,37H2,1H3/t29-,30+,34-/m0/s1. The van der Waals surface area contributed by atoms with E-state index in [4.69, 9.17) is 15.2 Å². The SMILES string of the molecule is COC(=O)N(C(=O)[C@@H](N)C(c1ccccc1)c1ccccc1)c1ccccc1CC[C@@H]1CN[C@H](CSc2ccccc2)CO1. The Kier molecular flexibility index (Phi) is 11.2. The molecule has 1 fully saturated rings. The van der Waals surface area contributed by atoms with Crippen molar-refractivity contribution >= 4 is 29.4 Å². The number of methoxy groups -OCH3 is 1. The van der Waals surface area contributed by atoms with Crippen LogP contribution in [0.5, 0.6) is 0 Å². The Morgan fingerprint density at radius 1 is 0.909 bits per heavy atom. The topological polar surface area (TPSA) is 93.9 Å². The van der Waals surface area contributed by atoms with Gasteiger partial charge in [0.2, 0.25) is 0 Å². The molecule has 0 bridgehead atoms. The summed E-state index contributed by atoms with van der Waals surface area (Å²) >= 11 is 1.82. The van der Waals surface area contributed by atoms with Crippen LogP contribution in [0.2, 0.25) is 0 Å². The van der Waals surface area contributed by atoms with E-state index in [2.05, 4.69) is 29.6 Å². The zero-order chi connectivity index (χ0) is 30.7. The minimum atomic E-state index is -1.04. The molecule has 1 saturated heterocycles. The van der Waals surface area contributed by atoms with Gasteiger partial charge in [-0.1, -0.05) is 97.1 Å². The number of amides is 2. The monoisotopic (exact) mass is 609 g/mol. The van der Waals surface area contributed by atoms with Crippen LogP contribution in [0.1, 0.15) is 29.0 Å². The fourth-order valence-electron chi connectivity index (χ4n) is 5.55. The number of nitrogens with zero attached hydrogens (tertiary/aromatic N) is 1. The van der Waals surface area contributed by atoms with Gasteiger partial charge in [0, 0.05) is 29.2 Å². The van der Waals surface area contributed by atoms with Gasteiger partial charge in [-0.3, -0.25) is 4.79 Å². The predicted molar refractivity (Wildman–Crippen MR) is 176 cm³/mol. The molecule has 8 heteroatoms. The van der Waals surface area contributed by atoms with Crippen molar-refractivity contribution in [3.05, 3.63) is 132 Å². The number of aryl methyl sites for hydroxylation is 1. The molecule has 1 heterocycles. The molecule has 7 nitrogen and oxygen atoms in total. The Labute approximate surface area is 263 Å². The van der Waals surface area contributed by atoms with Crippen molar-refractivity contribution in [3.63, 3.8) is 0 Å². The summed E-state index contributed by atoms with van der Waals surface area (Å²) in [6, 6.07) is 36.3. The molecule has 0 aromatic heterocycles. The molecule has 0 unspecified atom stereocenters. The van der Waals surface area contributed by atoms with E-state index in [1.807, 2.05) is 96.7 Å². The number of thioether (sulfide) groups is 1. The summed E-state index contributed by atoms with van der Waals surface area (Å²) in [5.41, 5.74) is 9.84. The van der Waals surface area contributed by atoms with Gasteiger partial charge in [0.15, 0.2) is 0 Å². The smallest absolute Gasteiger partial charge is 0.420 e. The molecule has 1 aliphatic heterocycles. The number of morpholine rings is 1. The normalized spacial score (nSPS) is 17.2. The lowest BCUT2D eigenvalue weighted by Crippen LogP contribution is -2.50. The summed E-state index contributed by atoms with van der Waals surface area (Å²) < 4.78 is 11.3. The third kappa shape index (κ3) is 7.95. The number of hydrogen-bond acceptors (Lipinski definition) is 7. The summed E-state index contributed by atoms with van der Waals surface area (Å²) in [6.45, 7) is 1.37. The van der Waals surface area contributed by atoms with E-state index in [1.165, 1.54) is 12.0 Å². The lowest BCUT2D eigenvalue weighted by molar-refractivity contribution is -0.119. The summed E-state index contributed by atoms with van der Waals surface area (Å²) in [5.74, 6) is -0.0570. The molecule has 5 rings (SSSR count). The van der Waals surface area contributed by atoms with E-state index in [-0.39, 0.29) is 12.1 Å².